The van der Waals surface area contributed by atoms with Crippen molar-refractivity contribution < 1.29 is 9.47 Å². The smallest absolute Gasteiger partial charge is 0.162 e. The number of hydrogen-bond acceptors (Lipinski definition) is 2. The van der Waals surface area contributed by atoms with Crippen molar-refractivity contribution >= 4 is 0 Å². The molecule has 0 spiro atoms. The summed E-state index contributed by atoms with van der Waals surface area (Å²) in [6.45, 7) is 14.0. The summed E-state index contributed by atoms with van der Waals surface area (Å²) in [5.74, 6) is 1.52. The molecule has 0 bridgehead atoms. The second kappa shape index (κ2) is 14.3. The van der Waals surface area contributed by atoms with E-state index in [2.05, 4.69) is 88.9 Å². The highest BCUT2D eigenvalue weighted by Crippen LogP contribution is 2.37. The molecule has 0 amide bonds. The van der Waals surface area contributed by atoms with E-state index >= 15 is 0 Å². The lowest BCUT2D eigenvalue weighted by molar-refractivity contribution is 0.255. The van der Waals surface area contributed by atoms with E-state index in [9.17, 15) is 0 Å². The molecule has 37 heavy (non-hydrogen) atoms. The molecule has 3 aromatic rings. The Labute approximate surface area is 224 Å². The van der Waals surface area contributed by atoms with Crippen molar-refractivity contribution in [2.24, 2.45) is 0 Å². The van der Waals surface area contributed by atoms with Gasteiger partial charge in [-0.05, 0) is 75.3 Å². The van der Waals surface area contributed by atoms with Crippen LogP contribution in [0, 0.1) is 0 Å². The van der Waals surface area contributed by atoms with Crippen LogP contribution in [-0.2, 0) is 18.6 Å². The Kier molecular flexibility index (Phi) is 10.8. The first-order chi connectivity index (χ1) is 17.9. The fourth-order valence-electron chi connectivity index (χ4n) is 4.24. The van der Waals surface area contributed by atoms with Gasteiger partial charge in [-0.2, -0.15) is 0 Å². The minimum atomic E-state index is -0.167. The Morgan fingerprint density at radius 2 is 1.35 bits per heavy atom. The Balaban J connectivity index is 1.76. The third kappa shape index (κ3) is 9.13. The molecule has 2 nitrogen and oxygen atoms in total. The van der Waals surface area contributed by atoms with Crippen LogP contribution in [0.25, 0.3) is 0 Å². The standard InChI is InChI=1S/C35H42O2/c1-6-35(5,24-14-17-29(4)16-13-15-28(2)3)32-22-23-33(36-26-30-18-9-7-10-19-30)34(25-32)37-27-31-20-11-8-12-21-31/h6-12,15,17-23,25H,1,13-14,16,24,26-27H2,2-5H3/b29-17+. The van der Waals surface area contributed by atoms with Gasteiger partial charge in [0.05, 0.1) is 0 Å². The number of allylic oxidation sites excluding steroid dienone is 5. The highest BCUT2D eigenvalue weighted by molar-refractivity contribution is 5.46. The molecule has 3 aromatic carbocycles. The molecule has 0 aromatic heterocycles. The first kappa shape index (κ1) is 28.1. The molecule has 0 N–H and O–H groups in total. The summed E-state index contributed by atoms with van der Waals surface area (Å²) >= 11 is 0. The van der Waals surface area contributed by atoms with E-state index < -0.39 is 0 Å². The first-order valence-electron chi connectivity index (χ1n) is 13.3. The van der Waals surface area contributed by atoms with Crippen molar-refractivity contribution in [2.45, 2.75) is 72.0 Å². The molecule has 0 aliphatic carbocycles. The molecule has 0 saturated heterocycles. The molecule has 0 radical (unpaired) electrons. The van der Waals surface area contributed by atoms with Crippen LogP contribution in [0.2, 0.25) is 0 Å². The molecule has 0 aliphatic rings. The third-order valence-electron chi connectivity index (χ3n) is 6.78. The molecule has 0 heterocycles. The summed E-state index contributed by atoms with van der Waals surface area (Å²) in [7, 11) is 0. The van der Waals surface area contributed by atoms with Crippen LogP contribution in [0.4, 0.5) is 0 Å². The Morgan fingerprint density at radius 3 is 1.92 bits per heavy atom. The summed E-state index contributed by atoms with van der Waals surface area (Å²) in [5, 5.41) is 0. The lowest BCUT2D eigenvalue weighted by Crippen LogP contribution is -2.18. The van der Waals surface area contributed by atoms with Gasteiger partial charge < -0.3 is 9.47 Å². The summed E-state index contributed by atoms with van der Waals surface area (Å²) in [6.07, 6.45) is 11.0. The quantitative estimate of drug-likeness (QED) is 0.208. The van der Waals surface area contributed by atoms with Crippen LogP contribution in [0.15, 0.2) is 115 Å². The Hall–Kier alpha value is -3.52. The van der Waals surface area contributed by atoms with Crippen molar-refractivity contribution in [1.29, 1.82) is 0 Å². The van der Waals surface area contributed by atoms with Crippen molar-refractivity contribution in [1.82, 2.24) is 0 Å². The van der Waals surface area contributed by atoms with E-state index in [-0.39, 0.29) is 5.41 Å². The summed E-state index contributed by atoms with van der Waals surface area (Å²) in [4.78, 5) is 0. The highest BCUT2D eigenvalue weighted by atomic mass is 16.5. The molecule has 0 aliphatic heterocycles. The van der Waals surface area contributed by atoms with E-state index in [1.54, 1.807) is 0 Å². The minimum Gasteiger partial charge on any atom is -0.485 e. The van der Waals surface area contributed by atoms with Gasteiger partial charge in [-0.3, -0.25) is 0 Å². The first-order valence-corrected chi connectivity index (χ1v) is 13.3. The Bertz CT molecular complexity index is 1170. The van der Waals surface area contributed by atoms with Gasteiger partial charge in [-0.1, -0.05) is 103 Å². The number of ether oxygens (including phenoxy) is 2. The van der Waals surface area contributed by atoms with Crippen molar-refractivity contribution in [3.63, 3.8) is 0 Å². The van der Waals surface area contributed by atoms with Gasteiger partial charge in [0.1, 0.15) is 13.2 Å². The van der Waals surface area contributed by atoms with Gasteiger partial charge in [-0.25, -0.2) is 0 Å². The third-order valence-corrected chi connectivity index (χ3v) is 6.78. The topological polar surface area (TPSA) is 18.5 Å². The van der Waals surface area contributed by atoms with Gasteiger partial charge in [-0.15, -0.1) is 6.58 Å². The van der Waals surface area contributed by atoms with Crippen LogP contribution in [-0.4, -0.2) is 0 Å². The van der Waals surface area contributed by atoms with Crippen LogP contribution in [0.5, 0.6) is 11.5 Å². The SMILES string of the molecule is C=CC(C)(CC/C=C(\C)CCC=C(C)C)c1ccc(OCc2ccccc2)c(OCc2ccccc2)c1. The molecule has 2 heteroatoms. The monoisotopic (exact) mass is 494 g/mol. The average Bonchev–Trinajstić information content (AvgIpc) is 2.91. The van der Waals surface area contributed by atoms with Gasteiger partial charge in [0.25, 0.3) is 0 Å². The second-order valence-corrected chi connectivity index (χ2v) is 10.2. The summed E-state index contributed by atoms with van der Waals surface area (Å²) < 4.78 is 12.5. The van der Waals surface area contributed by atoms with E-state index in [1.807, 2.05) is 42.5 Å². The maximum atomic E-state index is 6.32. The van der Waals surface area contributed by atoms with Gasteiger partial charge in [0.2, 0.25) is 0 Å². The molecular weight excluding hydrogens is 452 g/mol. The van der Waals surface area contributed by atoms with Crippen LogP contribution in [0.3, 0.4) is 0 Å². The average molecular weight is 495 g/mol. The highest BCUT2D eigenvalue weighted by Gasteiger charge is 2.24. The number of hydrogen-bond donors (Lipinski definition) is 0. The van der Waals surface area contributed by atoms with Crippen molar-refractivity contribution in [3.05, 3.63) is 132 Å². The predicted octanol–water partition coefficient (Wildman–Crippen LogP) is 9.76. The molecule has 1 atom stereocenters. The molecule has 0 fully saturated rings. The van der Waals surface area contributed by atoms with Gasteiger partial charge in [0.15, 0.2) is 11.5 Å². The second-order valence-electron chi connectivity index (χ2n) is 10.2. The fraction of sp³-hybridized carbons (Fsp3) is 0.314. The van der Waals surface area contributed by atoms with E-state index in [0.717, 1.165) is 48.3 Å². The summed E-state index contributed by atoms with van der Waals surface area (Å²) in [6, 6.07) is 26.8. The number of rotatable bonds is 14. The number of benzene rings is 3. The largest absolute Gasteiger partial charge is 0.485 e. The van der Waals surface area contributed by atoms with Crippen LogP contribution < -0.4 is 9.47 Å². The summed E-state index contributed by atoms with van der Waals surface area (Å²) in [5.41, 5.74) is 6.10. The van der Waals surface area contributed by atoms with Crippen LogP contribution >= 0.6 is 0 Å². The van der Waals surface area contributed by atoms with E-state index in [4.69, 9.17) is 9.47 Å². The van der Waals surface area contributed by atoms with Gasteiger partial charge >= 0.3 is 0 Å². The lowest BCUT2D eigenvalue weighted by atomic mass is 9.78. The zero-order valence-corrected chi connectivity index (χ0v) is 23.0. The van der Waals surface area contributed by atoms with E-state index in [1.165, 1.54) is 16.7 Å². The molecule has 3 rings (SSSR count). The molecule has 194 valence electrons. The van der Waals surface area contributed by atoms with Gasteiger partial charge in [0, 0.05) is 5.41 Å². The predicted molar refractivity (Wildman–Crippen MR) is 157 cm³/mol. The zero-order chi connectivity index (χ0) is 26.5. The van der Waals surface area contributed by atoms with Crippen molar-refractivity contribution in [2.75, 3.05) is 0 Å². The Morgan fingerprint density at radius 1 is 0.757 bits per heavy atom. The molecule has 0 saturated carbocycles. The maximum Gasteiger partial charge on any atom is 0.162 e. The molecular formula is C35H42O2. The van der Waals surface area contributed by atoms with Crippen LogP contribution in [0.1, 0.15) is 70.1 Å². The normalized spacial score (nSPS) is 12.9. The van der Waals surface area contributed by atoms with Crippen molar-refractivity contribution in [3.8, 4) is 11.5 Å². The zero-order valence-electron chi connectivity index (χ0n) is 23.0. The fourth-order valence-corrected chi connectivity index (χ4v) is 4.24. The maximum absolute atomic E-state index is 6.32. The van der Waals surface area contributed by atoms with E-state index in [0.29, 0.717) is 13.2 Å². The lowest BCUT2D eigenvalue weighted by Gasteiger charge is -2.27. The molecule has 1 unspecified atom stereocenters. The minimum absolute atomic E-state index is 0.167.